The van der Waals surface area contributed by atoms with Crippen LogP contribution < -0.4 is 5.32 Å². The highest BCUT2D eigenvalue weighted by molar-refractivity contribution is 9.10. The molecule has 0 aliphatic carbocycles. The summed E-state index contributed by atoms with van der Waals surface area (Å²) in [5.74, 6) is -0.292. The summed E-state index contributed by atoms with van der Waals surface area (Å²) in [5.41, 5.74) is 1.52. The molecule has 0 fully saturated rings. The molecule has 0 saturated heterocycles. The Hall–Kier alpha value is -0.290. The van der Waals surface area contributed by atoms with Crippen LogP contribution in [-0.4, -0.2) is 0 Å². The second-order valence-electron chi connectivity index (χ2n) is 3.82. The SMILES string of the molecule is Fc1cc(CNc2ccc(Br)c(Cl)c2Cl)ccc1Br. The molecule has 1 nitrogen and oxygen atoms in total. The number of hydrogen-bond acceptors (Lipinski definition) is 1. The van der Waals surface area contributed by atoms with Crippen molar-refractivity contribution in [2.24, 2.45) is 0 Å². The van der Waals surface area contributed by atoms with Gasteiger partial charge in [0.25, 0.3) is 0 Å². The second-order valence-corrected chi connectivity index (χ2v) is 6.29. The standard InChI is InChI=1S/C13H8Br2Cl2FN/c14-8-2-1-7(5-10(8)18)6-19-11-4-3-9(15)12(16)13(11)17/h1-5,19H,6H2. The van der Waals surface area contributed by atoms with E-state index in [0.717, 1.165) is 10.0 Å². The smallest absolute Gasteiger partial charge is 0.137 e. The molecular weight excluding hydrogens is 420 g/mol. The third kappa shape index (κ3) is 3.63. The fourth-order valence-electron chi connectivity index (χ4n) is 1.51. The molecule has 0 amide bonds. The van der Waals surface area contributed by atoms with E-state index in [1.165, 1.54) is 6.07 Å². The summed E-state index contributed by atoms with van der Waals surface area (Å²) >= 11 is 18.6. The van der Waals surface area contributed by atoms with E-state index in [1.54, 1.807) is 12.1 Å². The van der Waals surface area contributed by atoms with Gasteiger partial charge in [0, 0.05) is 11.0 Å². The highest BCUT2D eigenvalue weighted by atomic mass is 79.9. The van der Waals surface area contributed by atoms with Gasteiger partial charge in [0.05, 0.1) is 20.2 Å². The average molecular weight is 428 g/mol. The van der Waals surface area contributed by atoms with Gasteiger partial charge in [0.2, 0.25) is 0 Å². The molecule has 6 heteroatoms. The Morgan fingerprint density at radius 1 is 1.00 bits per heavy atom. The lowest BCUT2D eigenvalue weighted by Crippen LogP contribution is -2.00. The van der Waals surface area contributed by atoms with Crippen LogP contribution in [0.25, 0.3) is 0 Å². The van der Waals surface area contributed by atoms with Crippen molar-refractivity contribution in [3.05, 3.63) is 60.7 Å². The Labute approximate surface area is 137 Å². The molecule has 0 bridgehead atoms. The lowest BCUT2D eigenvalue weighted by Gasteiger charge is -2.10. The summed E-state index contributed by atoms with van der Waals surface area (Å²) in [7, 11) is 0. The van der Waals surface area contributed by atoms with Gasteiger partial charge in [-0.3, -0.25) is 0 Å². The van der Waals surface area contributed by atoms with Crippen LogP contribution in [0.1, 0.15) is 5.56 Å². The van der Waals surface area contributed by atoms with Crippen LogP contribution in [0.2, 0.25) is 10.0 Å². The summed E-state index contributed by atoms with van der Waals surface area (Å²) in [4.78, 5) is 0. The van der Waals surface area contributed by atoms with E-state index >= 15 is 0 Å². The van der Waals surface area contributed by atoms with Gasteiger partial charge in [-0.2, -0.15) is 0 Å². The zero-order chi connectivity index (χ0) is 14.0. The first-order chi connectivity index (χ1) is 8.99. The van der Waals surface area contributed by atoms with Crippen LogP contribution in [0.5, 0.6) is 0 Å². The van der Waals surface area contributed by atoms with Crippen molar-refractivity contribution in [3.63, 3.8) is 0 Å². The van der Waals surface area contributed by atoms with E-state index in [9.17, 15) is 4.39 Å². The predicted molar refractivity (Wildman–Crippen MR) is 85.6 cm³/mol. The Morgan fingerprint density at radius 2 is 1.68 bits per heavy atom. The van der Waals surface area contributed by atoms with E-state index in [2.05, 4.69) is 37.2 Å². The molecule has 1 N–H and O–H groups in total. The predicted octanol–water partition coefficient (Wildman–Crippen LogP) is 6.27. The molecule has 2 aromatic rings. The normalized spacial score (nSPS) is 10.6. The minimum Gasteiger partial charge on any atom is -0.380 e. The fraction of sp³-hybridized carbons (Fsp3) is 0.0769. The Morgan fingerprint density at radius 3 is 2.37 bits per heavy atom. The minimum absolute atomic E-state index is 0.292. The molecule has 0 aliphatic heterocycles. The third-order valence-electron chi connectivity index (χ3n) is 2.50. The first kappa shape index (κ1) is 15.1. The molecule has 0 heterocycles. The minimum atomic E-state index is -0.292. The number of nitrogens with one attached hydrogen (secondary N) is 1. The highest BCUT2D eigenvalue weighted by Gasteiger charge is 2.08. The van der Waals surface area contributed by atoms with Gasteiger partial charge in [0.1, 0.15) is 5.82 Å². The first-order valence-corrected chi connectivity index (χ1v) is 7.64. The van der Waals surface area contributed by atoms with Gasteiger partial charge >= 0.3 is 0 Å². The maximum absolute atomic E-state index is 13.4. The van der Waals surface area contributed by atoms with Crippen molar-refractivity contribution in [2.45, 2.75) is 6.54 Å². The molecule has 0 aromatic heterocycles. The first-order valence-electron chi connectivity index (χ1n) is 5.30. The topological polar surface area (TPSA) is 12.0 Å². The third-order valence-corrected chi connectivity index (χ3v) is 4.92. The molecule has 100 valence electrons. The van der Waals surface area contributed by atoms with Gasteiger partial charge in [-0.05, 0) is 61.7 Å². The molecule has 0 saturated carbocycles. The van der Waals surface area contributed by atoms with Gasteiger partial charge < -0.3 is 5.32 Å². The number of benzene rings is 2. The van der Waals surface area contributed by atoms with Crippen molar-refractivity contribution in [3.8, 4) is 0 Å². The molecule has 2 aromatic carbocycles. The van der Waals surface area contributed by atoms with Crippen LogP contribution >= 0.6 is 55.1 Å². The lowest BCUT2D eigenvalue weighted by atomic mass is 10.2. The number of rotatable bonds is 3. The lowest BCUT2D eigenvalue weighted by molar-refractivity contribution is 0.619. The van der Waals surface area contributed by atoms with Crippen molar-refractivity contribution in [1.29, 1.82) is 0 Å². The summed E-state index contributed by atoms with van der Waals surface area (Å²) in [6.45, 7) is 0.460. The van der Waals surface area contributed by atoms with Crippen LogP contribution in [0.15, 0.2) is 39.3 Å². The Balaban J connectivity index is 2.14. The van der Waals surface area contributed by atoms with E-state index in [1.807, 2.05) is 12.1 Å². The van der Waals surface area contributed by atoms with Crippen molar-refractivity contribution in [2.75, 3.05) is 5.32 Å². The molecule has 2 rings (SSSR count). The highest BCUT2D eigenvalue weighted by Crippen LogP contribution is 2.36. The fourth-order valence-corrected chi connectivity index (χ4v) is 2.60. The monoisotopic (exact) mass is 425 g/mol. The summed E-state index contributed by atoms with van der Waals surface area (Å²) in [5, 5.41) is 4.02. The van der Waals surface area contributed by atoms with Crippen LogP contribution in [0.3, 0.4) is 0 Å². The van der Waals surface area contributed by atoms with Gasteiger partial charge in [-0.25, -0.2) is 4.39 Å². The Bertz CT molecular complexity index is 620. The summed E-state index contributed by atoms with van der Waals surface area (Å²) in [6, 6.07) is 8.58. The van der Waals surface area contributed by atoms with E-state index in [0.29, 0.717) is 26.8 Å². The van der Waals surface area contributed by atoms with Crippen molar-refractivity contribution >= 4 is 60.7 Å². The second kappa shape index (κ2) is 6.44. The van der Waals surface area contributed by atoms with Gasteiger partial charge in [-0.15, -0.1) is 0 Å². The molecular formula is C13H8Br2Cl2FN. The Kier molecular flexibility index (Phi) is 5.12. The van der Waals surface area contributed by atoms with Crippen molar-refractivity contribution < 1.29 is 4.39 Å². The molecule has 0 radical (unpaired) electrons. The average Bonchev–Trinajstić information content (AvgIpc) is 2.39. The zero-order valence-corrected chi connectivity index (χ0v) is 14.2. The molecule has 0 aliphatic rings. The summed E-state index contributed by atoms with van der Waals surface area (Å²) in [6.07, 6.45) is 0. The van der Waals surface area contributed by atoms with Crippen LogP contribution in [0.4, 0.5) is 10.1 Å². The molecule has 0 spiro atoms. The number of halogens is 5. The van der Waals surface area contributed by atoms with Gasteiger partial charge in [-0.1, -0.05) is 29.3 Å². The summed E-state index contributed by atoms with van der Waals surface area (Å²) < 4.78 is 14.6. The zero-order valence-electron chi connectivity index (χ0n) is 9.48. The van der Waals surface area contributed by atoms with E-state index in [-0.39, 0.29) is 5.82 Å². The molecule has 0 atom stereocenters. The molecule has 0 unspecified atom stereocenters. The number of anilines is 1. The van der Waals surface area contributed by atoms with Crippen LogP contribution in [-0.2, 0) is 6.54 Å². The maximum atomic E-state index is 13.4. The molecule has 19 heavy (non-hydrogen) atoms. The number of hydrogen-bond donors (Lipinski definition) is 1. The van der Waals surface area contributed by atoms with Crippen molar-refractivity contribution in [1.82, 2.24) is 0 Å². The largest absolute Gasteiger partial charge is 0.380 e. The quantitative estimate of drug-likeness (QED) is 0.569. The van der Waals surface area contributed by atoms with Crippen LogP contribution in [0, 0.1) is 5.82 Å². The van der Waals surface area contributed by atoms with Gasteiger partial charge in [0.15, 0.2) is 0 Å². The van der Waals surface area contributed by atoms with E-state index in [4.69, 9.17) is 23.2 Å². The maximum Gasteiger partial charge on any atom is 0.137 e. The van der Waals surface area contributed by atoms with E-state index < -0.39 is 0 Å².